The van der Waals surface area contributed by atoms with Crippen LogP contribution in [0.3, 0.4) is 0 Å². The molecule has 0 radical (unpaired) electrons. The number of carbonyl (C=O) groups excluding carboxylic acids is 4. The maximum absolute atomic E-state index is 15.7. The number of anilines is 2. The van der Waals surface area contributed by atoms with Gasteiger partial charge in [-0.3, -0.25) is 29.4 Å². The molecule has 5 aromatic rings. The van der Waals surface area contributed by atoms with Crippen molar-refractivity contribution in [1.29, 1.82) is 0 Å². The van der Waals surface area contributed by atoms with Crippen LogP contribution in [0.15, 0.2) is 73.1 Å². The van der Waals surface area contributed by atoms with E-state index in [1.54, 1.807) is 12.3 Å². The van der Waals surface area contributed by atoms with E-state index in [-0.39, 0.29) is 49.6 Å². The van der Waals surface area contributed by atoms with Crippen LogP contribution >= 0.6 is 0 Å². The van der Waals surface area contributed by atoms with Crippen LogP contribution in [0, 0.1) is 18.6 Å². The third-order valence-corrected chi connectivity index (χ3v) is 13.2. The number of halogens is 3. The van der Waals surface area contributed by atoms with Crippen LogP contribution in [-0.2, 0) is 38.9 Å². The second kappa shape index (κ2) is 18.7. The van der Waals surface area contributed by atoms with E-state index in [0.717, 1.165) is 85.6 Å². The molecule has 3 unspecified atom stereocenters. The second-order valence-electron chi connectivity index (χ2n) is 16.0. The SMILES string of the molecule is Cc1ccc(N2CCN(CCCc3ccc(-c4cnc5[nH]cc(C(=O)c6c(F)ccc(N[S+]([O-])N7CCC(F)C7)c6F)c5c4)cc3)CC2)cc1CN(C=O)C1CCC(=O)NC1=O. The number of amides is 3. The Morgan fingerprint density at radius 1 is 1.02 bits per heavy atom. The number of H-pyrrole nitrogens is 1. The largest absolute Gasteiger partial charge is 0.573 e. The van der Waals surface area contributed by atoms with E-state index in [0.29, 0.717) is 23.9 Å². The number of aromatic nitrogens is 2. The summed E-state index contributed by atoms with van der Waals surface area (Å²) in [4.78, 5) is 63.4. The van der Waals surface area contributed by atoms with Crippen molar-refractivity contribution in [3.8, 4) is 11.1 Å². The Balaban J connectivity index is 0.848. The number of imide groups is 1. The summed E-state index contributed by atoms with van der Waals surface area (Å²) in [6.07, 6.45) is 5.15. The van der Waals surface area contributed by atoms with E-state index in [4.69, 9.17) is 0 Å². The molecule has 62 heavy (non-hydrogen) atoms. The topological polar surface area (TPSA) is 157 Å². The molecular formula is C45H47F3N8O5S. The summed E-state index contributed by atoms with van der Waals surface area (Å²) in [5.41, 5.74) is 5.07. The molecule has 17 heteroatoms. The Morgan fingerprint density at radius 3 is 2.53 bits per heavy atom. The van der Waals surface area contributed by atoms with Crippen LogP contribution in [0.2, 0.25) is 0 Å². The number of piperazine rings is 1. The summed E-state index contributed by atoms with van der Waals surface area (Å²) in [7, 11) is 0. The van der Waals surface area contributed by atoms with Crippen LogP contribution in [-0.4, -0.2) is 111 Å². The van der Waals surface area contributed by atoms with E-state index >= 15 is 8.78 Å². The van der Waals surface area contributed by atoms with Crippen molar-refractivity contribution >= 4 is 58.0 Å². The average Bonchev–Trinajstić information content (AvgIpc) is 3.91. The fourth-order valence-electron chi connectivity index (χ4n) is 8.36. The third-order valence-electron chi connectivity index (χ3n) is 12.0. The molecule has 0 aliphatic carbocycles. The summed E-state index contributed by atoms with van der Waals surface area (Å²) in [6, 6.07) is 17.4. The van der Waals surface area contributed by atoms with Gasteiger partial charge in [0.15, 0.2) is 17.4 Å². The quantitative estimate of drug-likeness (QED) is 0.0524. The number of aryl methyl sites for hydroxylation is 2. The van der Waals surface area contributed by atoms with Crippen molar-refractivity contribution in [1.82, 2.24) is 29.4 Å². The molecule has 3 atom stereocenters. The Kier molecular flexibility index (Phi) is 12.9. The van der Waals surface area contributed by atoms with E-state index in [9.17, 15) is 28.1 Å². The minimum atomic E-state index is -1.98. The van der Waals surface area contributed by atoms with Gasteiger partial charge in [-0.15, -0.1) is 4.31 Å². The normalized spacial score (nSPS) is 19.1. The lowest BCUT2D eigenvalue weighted by atomic mass is 9.99. The molecule has 2 aromatic heterocycles. The third kappa shape index (κ3) is 9.35. The van der Waals surface area contributed by atoms with Gasteiger partial charge in [-0.05, 0) is 91.7 Å². The van der Waals surface area contributed by atoms with Crippen molar-refractivity contribution in [3.05, 3.63) is 113 Å². The monoisotopic (exact) mass is 868 g/mol. The zero-order chi connectivity index (χ0) is 43.5. The number of nitrogens with zero attached hydrogens (tertiary/aromatic N) is 5. The molecule has 3 saturated heterocycles. The number of aromatic amines is 1. The predicted molar refractivity (Wildman–Crippen MR) is 230 cm³/mol. The Bertz CT molecular complexity index is 2480. The Morgan fingerprint density at radius 2 is 1.81 bits per heavy atom. The minimum absolute atomic E-state index is 0.0271. The average molecular weight is 869 g/mol. The number of hydrogen-bond acceptors (Lipinski definition) is 10. The first-order valence-electron chi connectivity index (χ1n) is 20.7. The van der Waals surface area contributed by atoms with Crippen molar-refractivity contribution < 1.29 is 36.9 Å². The fraction of sp³-hybridized carbons (Fsp3) is 0.356. The van der Waals surface area contributed by atoms with Gasteiger partial charge in [0.05, 0.1) is 12.1 Å². The molecule has 0 bridgehead atoms. The first-order valence-corrected chi connectivity index (χ1v) is 21.8. The summed E-state index contributed by atoms with van der Waals surface area (Å²) >= 11 is -1.98. The number of ketones is 1. The zero-order valence-corrected chi connectivity index (χ0v) is 35.0. The van der Waals surface area contributed by atoms with Gasteiger partial charge in [-0.1, -0.05) is 30.3 Å². The number of hydrogen-bond donors (Lipinski definition) is 3. The highest BCUT2D eigenvalue weighted by atomic mass is 32.2. The summed E-state index contributed by atoms with van der Waals surface area (Å²) < 4.78 is 60.9. The van der Waals surface area contributed by atoms with E-state index < -0.39 is 52.6 Å². The highest BCUT2D eigenvalue weighted by molar-refractivity contribution is 7.90. The highest BCUT2D eigenvalue weighted by Gasteiger charge is 2.34. The van der Waals surface area contributed by atoms with Crippen molar-refractivity contribution in [2.45, 2.75) is 57.8 Å². The first kappa shape index (κ1) is 42.9. The van der Waals surface area contributed by atoms with Crippen LogP contribution < -0.4 is 14.9 Å². The van der Waals surface area contributed by atoms with Gasteiger partial charge in [-0.2, -0.15) is 4.72 Å². The predicted octanol–water partition coefficient (Wildman–Crippen LogP) is 5.60. The van der Waals surface area contributed by atoms with E-state index in [1.165, 1.54) is 21.0 Å². The van der Waals surface area contributed by atoms with E-state index in [1.807, 2.05) is 25.1 Å². The molecule has 324 valence electrons. The first-order chi connectivity index (χ1) is 29.9. The van der Waals surface area contributed by atoms with Gasteiger partial charge in [0.25, 0.3) is 0 Å². The van der Waals surface area contributed by atoms with Gasteiger partial charge in [0, 0.05) is 80.3 Å². The molecule has 3 N–H and O–H groups in total. The molecule has 0 saturated carbocycles. The van der Waals surface area contributed by atoms with Gasteiger partial charge in [0.1, 0.15) is 29.4 Å². The fourth-order valence-corrected chi connectivity index (χ4v) is 9.40. The smallest absolute Gasteiger partial charge is 0.249 e. The Hall–Kier alpha value is -5.75. The molecule has 5 heterocycles. The van der Waals surface area contributed by atoms with Gasteiger partial charge < -0.3 is 19.3 Å². The van der Waals surface area contributed by atoms with Crippen LogP contribution in [0.1, 0.15) is 58.3 Å². The van der Waals surface area contributed by atoms with Crippen molar-refractivity contribution in [3.63, 3.8) is 0 Å². The molecule has 3 aromatic carbocycles. The van der Waals surface area contributed by atoms with Gasteiger partial charge in [-0.25, -0.2) is 18.2 Å². The lowest BCUT2D eigenvalue weighted by molar-refractivity contribution is -0.141. The molecule has 0 spiro atoms. The van der Waals surface area contributed by atoms with Crippen molar-refractivity contribution in [2.24, 2.45) is 0 Å². The zero-order valence-electron chi connectivity index (χ0n) is 34.2. The van der Waals surface area contributed by atoms with Gasteiger partial charge >= 0.3 is 0 Å². The summed E-state index contributed by atoms with van der Waals surface area (Å²) in [5.74, 6) is -3.92. The Labute approximate surface area is 360 Å². The maximum atomic E-state index is 15.7. The standard InChI is InChI=1S/C45H47F3N8O5S/c1-28-4-9-34(21-32(28)25-55(27-57)39-12-13-40(58)51-45(39)60)54-19-17-53(18-20-54)15-2-3-29-5-7-30(8-6-29)31-22-35-36(24-50-44(35)49-23-31)43(59)41-37(47)10-11-38(42(41)48)52-62(61)56-16-14-33(46)26-56/h4-11,21-24,27,33,39,52H,2-3,12-20,25-26H2,1H3,(H,49,50)(H,51,58,60). The van der Waals surface area contributed by atoms with Crippen LogP contribution in [0.5, 0.6) is 0 Å². The second-order valence-corrected chi connectivity index (χ2v) is 17.3. The molecule has 3 fully saturated rings. The summed E-state index contributed by atoms with van der Waals surface area (Å²) in [5, 5.41) is 2.73. The number of pyridine rings is 1. The number of nitrogens with one attached hydrogen (secondary N) is 3. The molecular weight excluding hydrogens is 822 g/mol. The molecule has 8 rings (SSSR count). The lowest BCUT2D eigenvalue weighted by Crippen LogP contribution is -2.51. The number of benzene rings is 3. The van der Waals surface area contributed by atoms with Crippen LogP contribution in [0.25, 0.3) is 22.2 Å². The minimum Gasteiger partial charge on any atom is -0.573 e. The number of piperidine rings is 1. The summed E-state index contributed by atoms with van der Waals surface area (Å²) in [6.45, 7) is 6.86. The highest BCUT2D eigenvalue weighted by Crippen LogP contribution is 2.31. The number of alkyl halides is 1. The molecule has 3 amide bonds. The van der Waals surface area contributed by atoms with E-state index in [2.05, 4.69) is 54.1 Å². The van der Waals surface area contributed by atoms with Gasteiger partial charge in [0.2, 0.25) is 24.0 Å². The molecule has 3 aliphatic rings. The number of fused-ring (bicyclic) bond motifs is 1. The lowest BCUT2D eigenvalue weighted by Gasteiger charge is -2.36. The number of rotatable bonds is 15. The van der Waals surface area contributed by atoms with Crippen molar-refractivity contribution in [2.75, 3.05) is 55.4 Å². The molecule has 13 nitrogen and oxygen atoms in total. The van der Waals surface area contributed by atoms with Crippen LogP contribution in [0.4, 0.5) is 24.5 Å². The maximum Gasteiger partial charge on any atom is 0.249 e. The number of carbonyl (C=O) groups is 4. The molecule has 3 aliphatic heterocycles.